The maximum Gasteiger partial charge on any atom is 0.302 e. The fourth-order valence-electron chi connectivity index (χ4n) is 5.12. The summed E-state index contributed by atoms with van der Waals surface area (Å²) in [6.45, 7) is 7.28. The summed E-state index contributed by atoms with van der Waals surface area (Å²) in [5, 5.41) is 18.9. The molecule has 0 bridgehead atoms. The van der Waals surface area contributed by atoms with Gasteiger partial charge in [-0.2, -0.15) is 10.2 Å². The third-order valence-electron chi connectivity index (χ3n) is 7.17. The molecular weight excluding hydrogens is 469 g/mol. The molecule has 1 fully saturated rings. The Morgan fingerprint density at radius 2 is 2.03 bits per heavy atom. The van der Waals surface area contributed by atoms with Gasteiger partial charge >= 0.3 is 6.01 Å². The Bertz CT molecular complexity index is 1430. The van der Waals surface area contributed by atoms with Gasteiger partial charge in [-0.15, -0.1) is 0 Å². The summed E-state index contributed by atoms with van der Waals surface area (Å²) in [4.78, 5) is 12.0. The van der Waals surface area contributed by atoms with Gasteiger partial charge in [0.15, 0.2) is 5.65 Å². The van der Waals surface area contributed by atoms with E-state index in [-0.39, 0.29) is 12.2 Å². The zero-order valence-electron chi connectivity index (χ0n) is 21.1. The van der Waals surface area contributed by atoms with Gasteiger partial charge in [-0.25, -0.2) is 9.37 Å². The van der Waals surface area contributed by atoms with E-state index in [1.807, 2.05) is 18.2 Å². The number of hydrogen-bond acceptors (Lipinski definition) is 6. The highest BCUT2D eigenvalue weighted by Gasteiger charge is 2.23. The molecular formula is C29H30FN5O2. The second-order valence-corrected chi connectivity index (χ2v) is 9.55. The van der Waals surface area contributed by atoms with Gasteiger partial charge in [0.05, 0.1) is 36.1 Å². The number of likely N-dealkylation sites (tertiary alicyclic amines) is 1. The molecule has 1 saturated heterocycles. The number of aromatic nitrogens is 3. The normalized spacial score (nSPS) is 16.1. The third-order valence-corrected chi connectivity index (χ3v) is 7.17. The minimum atomic E-state index is -0.480. The molecule has 2 aromatic carbocycles. The highest BCUT2D eigenvalue weighted by Crippen LogP contribution is 2.37. The van der Waals surface area contributed by atoms with E-state index in [2.05, 4.69) is 22.9 Å². The maximum absolute atomic E-state index is 15.0. The summed E-state index contributed by atoms with van der Waals surface area (Å²) in [5.41, 5.74) is 4.66. The first-order chi connectivity index (χ1) is 18.0. The fourth-order valence-corrected chi connectivity index (χ4v) is 5.12. The number of aliphatic hydroxyl groups is 1. The van der Waals surface area contributed by atoms with Gasteiger partial charge in [-0.05, 0) is 62.2 Å². The molecule has 0 spiro atoms. The van der Waals surface area contributed by atoms with E-state index in [4.69, 9.17) is 9.72 Å². The number of aryl methyl sites for hydroxylation is 1. The van der Waals surface area contributed by atoms with Crippen LogP contribution in [0.1, 0.15) is 36.5 Å². The van der Waals surface area contributed by atoms with Crippen molar-refractivity contribution in [3.05, 3.63) is 71.3 Å². The molecule has 0 aliphatic carbocycles. The summed E-state index contributed by atoms with van der Waals surface area (Å²) in [7, 11) is 0. The Morgan fingerprint density at radius 1 is 1.22 bits per heavy atom. The van der Waals surface area contributed by atoms with Crippen molar-refractivity contribution in [1.29, 1.82) is 5.26 Å². The van der Waals surface area contributed by atoms with Crippen LogP contribution in [0.15, 0.2) is 48.8 Å². The molecule has 1 aliphatic heterocycles. The minimum Gasteiger partial charge on any atom is -0.464 e. The first-order valence-corrected chi connectivity index (χ1v) is 12.6. The number of benzene rings is 2. The van der Waals surface area contributed by atoms with Crippen LogP contribution in [0.3, 0.4) is 0 Å². The molecule has 0 radical (unpaired) electrons. The van der Waals surface area contributed by atoms with E-state index < -0.39 is 5.82 Å². The lowest BCUT2D eigenvalue weighted by Gasteiger charge is -2.31. The van der Waals surface area contributed by atoms with E-state index in [1.54, 1.807) is 35.9 Å². The molecule has 0 unspecified atom stereocenters. The van der Waals surface area contributed by atoms with Gasteiger partial charge in [-0.1, -0.05) is 25.1 Å². The Labute approximate surface area is 215 Å². The minimum absolute atomic E-state index is 0.268. The van der Waals surface area contributed by atoms with Crippen LogP contribution in [-0.4, -0.2) is 50.6 Å². The quantitative estimate of drug-likeness (QED) is 0.386. The van der Waals surface area contributed by atoms with Gasteiger partial charge < -0.3 is 14.7 Å². The van der Waals surface area contributed by atoms with Crippen LogP contribution in [0, 0.1) is 30.0 Å². The first-order valence-electron chi connectivity index (χ1n) is 12.6. The molecule has 2 aromatic heterocycles. The van der Waals surface area contributed by atoms with E-state index in [0.717, 1.165) is 38.0 Å². The van der Waals surface area contributed by atoms with Crippen molar-refractivity contribution in [2.45, 2.75) is 33.3 Å². The predicted octanol–water partition coefficient (Wildman–Crippen LogP) is 4.99. The summed E-state index contributed by atoms with van der Waals surface area (Å²) in [6, 6.07) is 13.0. The number of piperidine rings is 1. The lowest BCUT2D eigenvalue weighted by Crippen LogP contribution is -2.37. The van der Waals surface area contributed by atoms with Gasteiger partial charge in [0.2, 0.25) is 0 Å². The van der Waals surface area contributed by atoms with Crippen molar-refractivity contribution in [3.63, 3.8) is 0 Å². The van der Waals surface area contributed by atoms with Crippen molar-refractivity contribution < 1.29 is 14.2 Å². The van der Waals surface area contributed by atoms with Crippen LogP contribution in [-0.2, 0) is 6.61 Å². The SMILES string of the molecule is CCN1CCC[C@@H](COc2nc(-c3ccc(C#N)cc3)c(-c3cc(C)c(CO)c(F)c3)c3nccn23)C1. The number of fused-ring (bicyclic) bond motifs is 1. The Kier molecular flexibility index (Phi) is 7.17. The average molecular weight is 500 g/mol. The van der Waals surface area contributed by atoms with Gasteiger partial charge in [0.1, 0.15) is 5.82 Å². The predicted molar refractivity (Wildman–Crippen MR) is 140 cm³/mol. The van der Waals surface area contributed by atoms with Gasteiger partial charge in [0, 0.05) is 36.0 Å². The molecule has 0 amide bonds. The molecule has 8 heteroatoms. The Balaban J connectivity index is 1.63. The van der Waals surface area contributed by atoms with Crippen LogP contribution < -0.4 is 4.74 Å². The zero-order chi connectivity index (χ0) is 25.9. The maximum atomic E-state index is 15.0. The topological polar surface area (TPSA) is 86.7 Å². The van der Waals surface area contributed by atoms with E-state index >= 15 is 0 Å². The average Bonchev–Trinajstić information content (AvgIpc) is 3.41. The number of aliphatic hydroxyl groups excluding tert-OH is 1. The highest BCUT2D eigenvalue weighted by atomic mass is 19.1. The van der Waals surface area contributed by atoms with Crippen LogP contribution in [0.25, 0.3) is 28.0 Å². The lowest BCUT2D eigenvalue weighted by atomic mass is 9.96. The first kappa shape index (κ1) is 24.9. The summed E-state index contributed by atoms with van der Waals surface area (Å²) >= 11 is 0. The Morgan fingerprint density at radius 3 is 2.73 bits per heavy atom. The van der Waals surface area contributed by atoms with Crippen LogP contribution in [0.5, 0.6) is 6.01 Å². The number of imidazole rings is 1. The van der Waals surface area contributed by atoms with Gasteiger partial charge in [0.25, 0.3) is 0 Å². The molecule has 1 aliphatic rings. The molecule has 3 heterocycles. The van der Waals surface area contributed by atoms with E-state index in [1.165, 1.54) is 6.07 Å². The second-order valence-electron chi connectivity index (χ2n) is 9.55. The van der Waals surface area contributed by atoms with Gasteiger partial charge in [-0.3, -0.25) is 4.40 Å². The molecule has 1 atom stereocenters. The van der Waals surface area contributed by atoms with Crippen molar-refractivity contribution >= 4 is 5.65 Å². The fraction of sp³-hybridized carbons (Fsp3) is 0.345. The second kappa shape index (κ2) is 10.7. The standard InChI is InChI=1S/C29H30FN5O2/c1-3-34-11-4-5-21(16-34)18-37-29-33-27(22-8-6-20(15-31)7-9-22)26(28-32-10-12-35(28)29)23-13-19(2)24(17-36)25(30)14-23/h6-10,12-14,21,36H,3-5,11,16-18H2,1-2H3/t21-/m1/s1. The molecule has 5 rings (SSSR count). The third kappa shape index (κ3) is 4.93. The molecule has 7 nitrogen and oxygen atoms in total. The van der Waals surface area contributed by atoms with Crippen molar-refractivity contribution in [2.24, 2.45) is 5.92 Å². The van der Waals surface area contributed by atoms with Crippen molar-refractivity contribution in [2.75, 3.05) is 26.2 Å². The summed E-state index contributed by atoms with van der Waals surface area (Å²) in [6.07, 6.45) is 5.74. The summed E-state index contributed by atoms with van der Waals surface area (Å²) in [5.74, 6) is -0.0685. The molecule has 1 N–H and O–H groups in total. The van der Waals surface area contributed by atoms with E-state index in [0.29, 0.717) is 52.1 Å². The highest BCUT2D eigenvalue weighted by molar-refractivity contribution is 5.90. The summed E-state index contributed by atoms with van der Waals surface area (Å²) < 4.78 is 23.1. The number of nitriles is 1. The van der Waals surface area contributed by atoms with E-state index in [9.17, 15) is 14.8 Å². The van der Waals surface area contributed by atoms with Crippen molar-refractivity contribution in [3.8, 4) is 34.5 Å². The number of ether oxygens (including phenoxy) is 1. The van der Waals surface area contributed by atoms with Crippen LogP contribution >= 0.6 is 0 Å². The Hall–Kier alpha value is -3.80. The molecule has 37 heavy (non-hydrogen) atoms. The molecule has 0 saturated carbocycles. The molecule has 190 valence electrons. The monoisotopic (exact) mass is 499 g/mol. The van der Waals surface area contributed by atoms with Crippen molar-refractivity contribution in [1.82, 2.24) is 19.3 Å². The number of nitrogens with zero attached hydrogens (tertiary/aromatic N) is 5. The smallest absolute Gasteiger partial charge is 0.302 e. The number of halogens is 1. The molecule has 4 aromatic rings. The lowest BCUT2D eigenvalue weighted by molar-refractivity contribution is 0.129. The largest absolute Gasteiger partial charge is 0.464 e. The van der Waals surface area contributed by atoms with Crippen LogP contribution in [0.2, 0.25) is 0 Å². The number of rotatable bonds is 7. The van der Waals surface area contributed by atoms with Crippen LogP contribution in [0.4, 0.5) is 4.39 Å². The zero-order valence-corrected chi connectivity index (χ0v) is 21.1. The number of hydrogen-bond donors (Lipinski definition) is 1.